The summed E-state index contributed by atoms with van der Waals surface area (Å²) in [4.78, 5) is 22.5. The molecule has 0 radical (unpaired) electrons. The topological polar surface area (TPSA) is 73.1 Å². The largest absolute Gasteiger partial charge is 0.476 e. The van der Waals surface area contributed by atoms with E-state index < -0.39 is 0 Å². The predicted molar refractivity (Wildman–Crippen MR) is 100 cm³/mol. The Morgan fingerprint density at radius 1 is 1.22 bits per heavy atom. The second-order valence-electron chi connectivity index (χ2n) is 6.46. The summed E-state index contributed by atoms with van der Waals surface area (Å²) in [5.41, 5.74) is 2.39. The van der Waals surface area contributed by atoms with Gasteiger partial charge in [-0.3, -0.25) is 9.78 Å². The molecule has 0 spiro atoms. The van der Waals surface area contributed by atoms with Gasteiger partial charge in [0.15, 0.2) is 5.15 Å². The van der Waals surface area contributed by atoms with E-state index in [-0.39, 0.29) is 11.8 Å². The summed E-state index contributed by atoms with van der Waals surface area (Å²) >= 11 is 5.79. The van der Waals surface area contributed by atoms with Gasteiger partial charge in [0.05, 0.1) is 42.1 Å². The number of likely N-dealkylation sites (tertiary alicyclic amines) is 1. The molecule has 1 saturated heterocycles. The molecule has 27 heavy (non-hydrogen) atoms. The number of para-hydroxylation sites is 1. The molecular weight excluding hydrogens is 366 g/mol. The van der Waals surface area contributed by atoms with Crippen molar-refractivity contribution in [3.8, 4) is 11.6 Å². The van der Waals surface area contributed by atoms with E-state index in [1.54, 1.807) is 15.8 Å². The first-order valence-electron chi connectivity index (χ1n) is 8.61. The third-order valence-corrected chi connectivity index (χ3v) is 4.72. The number of halogens is 1. The van der Waals surface area contributed by atoms with Gasteiger partial charge in [-0.25, -0.2) is 4.68 Å². The standard InChI is InChI=1S/C19H18ClN5O2/c1-13-16(7-22-25(13)15-5-3-2-4-6-15)19(26)24-10-14(11-24)12-27-18-9-21-8-17(20)23-18/h2-9,14H,10-12H2,1H3. The van der Waals surface area contributed by atoms with Gasteiger partial charge in [0.1, 0.15) is 0 Å². The minimum Gasteiger partial charge on any atom is -0.476 e. The fourth-order valence-electron chi connectivity index (χ4n) is 3.06. The Kier molecular flexibility index (Phi) is 4.77. The summed E-state index contributed by atoms with van der Waals surface area (Å²) < 4.78 is 7.38. The number of rotatable bonds is 5. The lowest BCUT2D eigenvalue weighted by Crippen LogP contribution is -2.52. The molecule has 3 heterocycles. The fourth-order valence-corrected chi connectivity index (χ4v) is 3.20. The molecule has 0 N–H and O–H groups in total. The molecule has 3 aromatic rings. The third-order valence-electron chi connectivity index (χ3n) is 4.54. The highest BCUT2D eigenvalue weighted by Crippen LogP contribution is 2.22. The van der Waals surface area contributed by atoms with Gasteiger partial charge in [-0.05, 0) is 19.1 Å². The van der Waals surface area contributed by atoms with Crippen LogP contribution in [-0.4, -0.2) is 50.3 Å². The van der Waals surface area contributed by atoms with Crippen LogP contribution in [0.1, 0.15) is 16.1 Å². The monoisotopic (exact) mass is 383 g/mol. The molecule has 4 rings (SSSR count). The fraction of sp³-hybridized carbons (Fsp3) is 0.263. The van der Waals surface area contributed by atoms with E-state index in [0.29, 0.717) is 36.3 Å². The second kappa shape index (κ2) is 7.36. The van der Waals surface area contributed by atoms with Gasteiger partial charge < -0.3 is 9.64 Å². The quantitative estimate of drug-likeness (QED) is 0.677. The number of carbonyl (C=O) groups is 1. The SMILES string of the molecule is Cc1c(C(=O)N2CC(COc3cncc(Cl)n3)C2)cnn1-c1ccccc1. The van der Waals surface area contributed by atoms with Crippen LogP contribution in [0.5, 0.6) is 5.88 Å². The highest BCUT2D eigenvalue weighted by atomic mass is 35.5. The van der Waals surface area contributed by atoms with Crippen molar-refractivity contribution >= 4 is 17.5 Å². The van der Waals surface area contributed by atoms with Crippen molar-refractivity contribution < 1.29 is 9.53 Å². The van der Waals surface area contributed by atoms with Gasteiger partial charge in [-0.2, -0.15) is 10.1 Å². The van der Waals surface area contributed by atoms with Crippen molar-refractivity contribution in [3.05, 3.63) is 65.3 Å². The molecule has 8 heteroatoms. The first kappa shape index (κ1) is 17.5. The van der Waals surface area contributed by atoms with Gasteiger partial charge in [0.25, 0.3) is 5.91 Å². The summed E-state index contributed by atoms with van der Waals surface area (Å²) in [6, 6.07) is 9.77. The zero-order valence-corrected chi connectivity index (χ0v) is 15.5. The number of hydrogen-bond donors (Lipinski definition) is 0. The van der Waals surface area contributed by atoms with Gasteiger partial charge in [-0.1, -0.05) is 29.8 Å². The van der Waals surface area contributed by atoms with E-state index in [1.807, 2.05) is 37.3 Å². The molecule has 1 aromatic carbocycles. The maximum Gasteiger partial charge on any atom is 0.257 e. The Morgan fingerprint density at radius 2 is 2.00 bits per heavy atom. The van der Waals surface area contributed by atoms with Crippen molar-refractivity contribution in [2.75, 3.05) is 19.7 Å². The molecule has 0 bridgehead atoms. The van der Waals surface area contributed by atoms with Gasteiger partial charge in [0.2, 0.25) is 5.88 Å². The van der Waals surface area contributed by atoms with Crippen LogP contribution in [-0.2, 0) is 0 Å². The van der Waals surface area contributed by atoms with E-state index in [2.05, 4.69) is 15.1 Å². The van der Waals surface area contributed by atoms with E-state index in [0.717, 1.165) is 11.4 Å². The van der Waals surface area contributed by atoms with Crippen molar-refractivity contribution in [1.82, 2.24) is 24.6 Å². The highest BCUT2D eigenvalue weighted by Gasteiger charge is 2.33. The van der Waals surface area contributed by atoms with E-state index >= 15 is 0 Å². The van der Waals surface area contributed by atoms with Crippen LogP contribution in [0.25, 0.3) is 5.69 Å². The number of amides is 1. The summed E-state index contributed by atoms with van der Waals surface area (Å²) in [5, 5.41) is 4.66. The molecule has 1 amide bonds. The Hall–Kier alpha value is -2.93. The number of benzene rings is 1. The molecule has 0 unspecified atom stereocenters. The van der Waals surface area contributed by atoms with Crippen LogP contribution >= 0.6 is 11.6 Å². The summed E-state index contributed by atoms with van der Waals surface area (Å²) in [7, 11) is 0. The highest BCUT2D eigenvalue weighted by molar-refractivity contribution is 6.29. The summed E-state index contributed by atoms with van der Waals surface area (Å²) in [6.45, 7) is 3.66. The third kappa shape index (κ3) is 3.64. The minimum absolute atomic E-state index is 0.00604. The molecule has 0 saturated carbocycles. The molecule has 138 valence electrons. The Morgan fingerprint density at radius 3 is 2.74 bits per heavy atom. The Bertz CT molecular complexity index is 954. The van der Waals surface area contributed by atoms with E-state index in [9.17, 15) is 4.79 Å². The number of ether oxygens (including phenoxy) is 1. The summed E-state index contributed by atoms with van der Waals surface area (Å²) in [6.07, 6.45) is 4.61. The first-order valence-corrected chi connectivity index (χ1v) is 8.99. The van der Waals surface area contributed by atoms with Crippen molar-refractivity contribution in [3.63, 3.8) is 0 Å². The first-order chi connectivity index (χ1) is 13.1. The lowest BCUT2D eigenvalue weighted by molar-refractivity contribution is 0.0387. The van der Waals surface area contributed by atoms with Gasteiger partial charge in [-0.15, -0.1) is 0 Å². The lowest BCUT2D eigenvalue weighted by Gasteiger charge is -2.38. The number of nitrogens with zero attached hydrogens (tertiary/aromatic N) is 5. The molecule has 7 nitrogen and oxygen atoms in total. The van der Waals surface area contributed by atoms with E-state index in [1.165, 1.54) is 12.4 Å². The normalized spacial score (nSPS) is 14.1. The van der Waals surface area contributed by atoms with Crippen LogP contribution in [0.2, 0.25) is 5.15 Å². The maximum atomic E-state index is 12.7. The number of hydrogen-bond acceptors (Lipinski definition) is 5. The van der Waals surface area contributed by atoms with E-state index in [4.69, 9.17) is 16.3 Å². The number of aromatic nitrogens is 4. The Labute approximate surface area is 161 Å². The van der Waals surface area contributed by atoms with Crippen molar-refractivity contribution in [2.45, 2.75) is 6.92 Å². The van der Waals surface area contributed by atoms with Crippen LogP contribution in [0.15, 0.2) is 48.9 Å². The van der Waals surface area contributed by atoms with Gasteiger partial charge in [0, 0.05) is 19.0 Å². The van der Waals surface area contributed by atoms with Crippen molar-refractivity contribution in [2.24, 2.45) is 5.92 Å². The molecule has 1 aliphatic rings. The van der Waals surface area contributed by atoms with Crippen LogP contribution < -0.4 is 4.74 Å². The minimum atomic E-state index is -0.00604. The zero-order chi connectivity index (χ0) is 18.8. The lowest BCUT2D eigenvalue weighted by atomic mass is 10.00. The Balaban J connectivity index is 1.35. The van der Waals surface area contributed by atoms with Crippen molar-refractivity contribution in [1.29, 1.82) is 0 Å². The van der Waals surface area contributed by atoms with Gasteiger partial charge >= 0.3 is 0 Å². The average Bonchev–Trinajstić information content (AvgIpc) is 3.02. The van der Waals surface area contributed by atoms with Crippen LogP contribution in [0.3, 0.4) is 0 Å². The van der Waals surface area contributed by atoms with Crippen LogP contribution in [0.4, 0.5) is 0 Å². The average molecular weight is 384 g/mol. The maximum absolute atomic E-state index is 12.7. The molecule has 0 aliphatic carbocycles. The number of carbonyl (C=O) groups excluding carboxylic acids is 1. The molecule has 2 aromatic heterocycles. The molecular formula is C19H18ClN5O2. The predicted octanol–water partition coefficient (Wildman–Crippen LogP) is 2.78. The smallest absolute Gasteiger partial charge is 0.257 e. The zero-order valence-electron chi connectivity index (χ0n) is 14.7. The molecule has 0 atom stereocenters. The summed E-state index contributed by atoms with van der Waals surface area (Å²) in [5.74, 6) is 0.653. The molecule has 1 fully saturated rings. The van der Waals surface area contributed by atoms with Crippen LogP contribution in [0, 0.1) is 12.8 Å². The molecule has 1 aliphatic heterocycles. The second-order valence-corrected chi connectivity index (χ2v) is 6.85.